The largest absolute Gasteiger partial charge is 0.334 e. The third-order valence-electron chi connectivity index (χ3n) is 3.90. The molecule has 2 amide bonds. The number of hydrogen-bond acceptors (Lipinski definition) is 5. The summed E-state index contributed by atoms with van der Waals surface area (Å²) in [4.78, 5) is 16.2. The van der Waals surface area contributed by atoms with Gasteiger partial charge < -0.3 is 10.6 Å². The van der Waals surface area contributed by atoms with Crippen molar-refractivity contribution in [1.82, 2.24) is 20.1 Å². The lowest BCUT2D eigenvalue weighted by Crippen LogP contribution is -2.28. The van der Waals surface area contributed by atoms with Crippen molar-refractivity contribution < 1.29 is 13.2 Å². The van der Waals surface area contributed by atoms with Gasteiger partial charge in [-0.3, -0.25) is 0 Å². The van der Waals surface area contributed by atoms with Crippen LogP contribution in [-0.4, -0.2) is 35.0 Å². The molecule has 8 nitrogen and oxygen atoms in total. The molecule has 3 rings (SSSR count). The standard InChI is InChI=1S/C18H19N5O3S/c1-2-27(25,26)17-8-6-15(7-9-17)22-18(24)20-11-14-4-3-5-16(10-14)23-13-19-12-21-23/h3-10,12-13H,2,11H2,1H3,(H2,20,22,24). The van der Waals surface area contributed by atoms with Gasteiger partial charge in [0.05, 0.1) is 16.3 Å². The second-order valence-corrected chi connectivity index (χ2v) is 8.02. The van der Waals surface area contributed by atoms with Gasteiger partial charge in [-0.1, -0.05) is 19.1 Å². The van der Waals surface area contributed by atoms with Gasteiger partial charge in [-0.25, -0.2) is 22.9 Å². The lowest BCUT2D eigenvalue weighted by molar-refractivity contribution is 0.251. The van der Waals surface area contributed by atoms with Gasteiger partial charge in [0.15, 0.2) is 9.84 Å². The van der Waals surface area contributed by atoms with E-state index in [4.69, 9.17) is 0 Å². The van der Waals surface area contributed by atoms with Gasteiger partial charge in [-0.05, 0) is 42.0 Å². The van der Waals surface area contributed by atoms with Crippen LogP contribution in [0.15, 0.2) is 66.1 Å². The highest BCUT2D eigenvalue weighted by molar-refractivity contribution is 7.91. The Hall–Kier alpha value is -3.20. The highest BCUT2D eigenvalue weighted by atomic mass is 32.2. The van der Waals surface area contributed by atoms with Crippen LogP contribution in [0, 0.1) is 0 Å². The predicted octanol–water partition coefficient (Wildman–Crippen LogP) is 2.38. The Labute approximate surface area is 157 Å². The lowest BCUT2D eigenvalue weighted by Gasteiger charge is -2.09. The Bertz CT molecular complexity index is 1020. The number of sulfone groups is 1. The SMILES string of the molecule is CCS(=O)(=O)c1ccc(NC(=O)NCc2cccc(-n3cncn3)c2)cc1. The summed E-state index contributed by atoms with van der Waals surface area (Å²) >= 11 is 0. The molecule has 0 bridgehead atoms. The zero-order valence-electron chi connectivity index (χ0n) is 14.7. The van der Waals surface area contributed by atoms with E-state index in [1.807, 2.05) is 24.3 Å². The number of benzene rings is 2. The number of carbonyl (C=O) groups excluding carboxylic acids is 1. The van der Waals surface area contributed by atoms with Gasteiger partial charge >= 0.3 is 6.03 Å². The second kappa shape index (κ2) is 8.00. The fourth-order valence-electron chi connectivity index (χ4n) is 2.42. The topological polar surface area (TPSA) is 106 Å². The number of carbonyl (C=O) groups is 1. The Balaban J connectivity index is 1.58. The summed E-state index contributed by atoms with van der Waals surface area (Å²) in [6.07, 6.45) is 3.05. The number of urea groups is 1. The normalized spacial score (nSPS) is 11.1. The zero-order chi connectivity index (χ0) is 19.3. The average molecular weight is 385 g/mol. The van der Waals surface area contributed by atoms with Crippen molar-refractivity contribution in [3.8, 4) is 5.69 Å². The maximum absolute atomic E-state index is 12.1. The lowest BCUT2D eigenvalue weighted by atomic mass is 10.2. The van der Waals surface area contributed by atoms with E-state index in [1.54, 1.807) is 30.1 Å². The summed E-state index contributed by atoms with van der Waals surface area (Å²) in [6, 6.07) is 13.3. The van der Waals surface area contributed by atoms with Crippen LogP contribution >= 0.6 is 0 Å². The van der Waals surface area contributed by atoms with Crippen LogP contribution < -0.4 is 10.6 Å². The van der Waals surface area contributed by atoms with Gasteiger partial charge in [0.1, 0.15) is 12.7 Å². The molecule has 0 saturated heterocycles. The van der Waals surface area contributed by atoms with E-state index in [0.717, 1.165) is 11.3 Å². The molecule has 2 N–H and O–H groups in total. The third-order valence-corrected chi connectivity index (χ3v) is 5.65. The van der Waals surface area contributed by atoms with Crippen LogP contribution in [-0.2, 0) is 16.4 Å². The molecule has 3 aromatic rings. The molecule has 140 valence electrons. The van der Waals surface area contributed by atoms with Crippen LogP contribution in [0.5, 0.6) is 0 Å². The number of nitrogens with zero attached hydrogens (tertiary/aromatic N) is 3. The molecule has 27 heavy (non-hydrogen) atoms. The molecular weight excluding hydrogens is 366 g/mol. The van der Waals surface area contributed by atoms with Gasteiger partial charge in [-0.2, -0.15) is 5.10 Å². The highest BCUT2D eigenvalue weighted by Gasteiger charge is 2.11. The molecule has 0 unspecified atom stereocenters. The maximum Gasteiger partial charge on any atom is 0.319 e. The molecule has 0 spiro atoms. The van der Waals surface area contributed by atoms with E-state index >= 15 is 0 Å². The van der Waals surface area contributed by atoms with Crippen LogP contribution in [0.25, 0.3) is 5.69 Å². The Morgan fingerprint density at radius 2 is 1.93 bits per heavy atom. The minimum atomic E-state index is -3.25. The molecule has 0 aliphatic rings. The summed E-state index contributed by atoms with van der Waals surface area (Å²) in [5, 5.41) is 9.51. The third kappa shape index (κ3) is 4.70. The minimum absolute atomic E-state index is 0.0356. The van der Waals surface area contributed by atoms with Crippen molar-refractivity contribution >= 4 is 21.6 Å². The van der Waals surface area contributed by atoms with E-state index in [1.165, 1.54) is 18.5 Å². The molecule has 2 aromatic carbocycles. The molecule has 1 aromatic heterocycles. The van der Waals surface area contributed by atoms with Gasteiger partial charge in [-0.15, -0.1) is 0 Å². The molecule has 1 heterocycles. The molecule has 0 fully saturated rings. The Morgan fingerprint density at radius 3 is 2.59 bits per heavy atom. The van der Waals surface area contributed by atoms with E-state index in [9.17, 15) is 13.2 Å². The summed E-state index contributed by atoms with van der Waals surface area (Å²) in [5.74, 6) is 0.0356. The zero-order valence-corrected chi connectivity index (χ0v) is 15.5. The first-order chi connectivity index (χ1) is 13.0. The first-order valence-corrected chi connectivity index (χ1v) is 9.95. The van der Waals surface area contributed by atoms with Crippen LogP contribution in [0.3, 0.4) is 0 Å². The van der Waals surface area contributed by atoms with Crippen molar-refractivity contribution in [3.63, 3.8) is 0 Å². The van der Waals surface area contributed by atoms with E-state index in [0.29, 0.717) is 12.2 Å². The molecule has 0 aliphatic carbocycles. The molecule has 0 atom stereocenters. The van der Waals surface area contributed by atoms with Crippen molar-refractivity contribution in [1.29, 1.82) is 0 Å². The fraction of sp³-hybridized carbons (Fsp3) is 0.167. The Morgan fingerprint density at radius 1 is 1.15 bits per heavy atom. The number of rotatable bonds is 6. The van der Waals surface area contributed by atoms with Gasteiger partial charge in [0.2, 0.25) is 0 Å². The van der Waals surface area contributed by atoms with Crippen LogP contribution in [0.1, 0.15) is 12.5 Å². The first kappa shape index (κ1) is 18.6. The second-order valence-electron chi connectivity index (χ2n) is 5.75. The minimum Gasteiger partial charge on any atom is -0.334 e. The average Bonchev–Trinajstić information content (AvgIpc) is 3.22. The number of hydrogen-bond donors (Lipinski definition) is 2. The predicted molar refractivity (Wildman–Crippen MR) is 101 cm³/mol. The summed E-state index contributed by atoms with van der Waals surface area (Å²) in [6.45, 7) is 1.92. The highest BCUT2D eigenvalue weighted by Crippen LogP contribution is 2.15. The number of amides is 2. The molecule has 0 radical (unpaired) electrons. The summed E-state index contributed by atoms with van der Waals surface area (Å²) < 4.78 is 25.2. The molecule has 0 aliphatic heterocycles. The number of nitrogens with one attached hydrogen (secondary N) is 2. The Kier molecular flexibility index (Phi) is 5.51. The molecule has 9 heteroatoms. The van der Waals surface area contributed by atoms with Crippen molar-refractivity contribution in [2.75, 3.05) is 11.1 Å². The fourth-order valence-corrected chi connectivity index (χ4v) is 3.30. The smallest absolute Gasteiger partial charge is 0.319 e. The summed E-state index contributed by atoms with van der Waals surface area (Å²) in [5.41, 5.74) is 2.27. The van der Waals surface area contributed by atoms with Crippen LogP contribution in [0.4, 0.5) is 10.5 Å². The maximum atomic E-state index is 12.1. The van der Waals surface area contributed by atoms with Gasteiger partial charge in [0.25, 0.3) is 0 Å². The first-order valence-electron chi connectivity index (χ1n) is 8.29. The summed E-state index contributed by atoms with van der Waals surface area (Å²) in [7, 11) is -3.25. The van der Waals surface area contributed by atoms with Crippen molar-refractivity contribution in [2.45, 2.75) is 18.4 Å². The molecule has 0 saturated carbocycles. The van der Waals surface area contributed by atoms with Crippen LogP contribution in [0.2, 0.25) is 0 Å². The quantitative estimate of drug-likeness (QED) is 0.678. The van der Waals surface area contributed by atoms with Crippen molar-refractivity contribution in [3.05, 3.63) is 66.7 Å². The number of aromatic nitrogens is 3. The van der Waals surface area contributed by atoms with E-state index < -0.39 is 9.84 Å². The van der Waals surface area contributed by atoms with Gasteiger partial charge in [0, 0.05) is 12.2 Å². The molecular formula is C18H19N5O3S. The number of anilines is 1. The van der Waals surface area contributed by atoms with E-state index in [-0.39, 0.29) is 16.7 Å². The monoisotopic (exact) mass is 385 g/mol. The van der Waals surface area contributed by atoms with Crippen molar-refractivity contribution in [2.24, 2.45) is 0 Å². The van der Waals surface area contributed by atoms with E-state index in [2.05, 4.69) is 20.7 Å².